The number of ether oxygens (including phenoxy) is 1. The van der Waals surface area contributed by atoms with Crippen molar-refractivity contribution in [3.05, 3.63) is 55.7 Å². The highest BCUT2D eigenvalue weighted by Crippen LogP contribution is 2.50. The fourth-order valence-electron chi connectivity index (χ4n) is 1.65. The maximum absolute atomic E-state index is 6.15. The smallest absolute Gasteiger partial charge is 0.189 e. The van der Waals surface area contributed by atoms with Crippen molar-refractivity contribution in [1.29, 1.82) is 0 Å². The van der Waals surface area contributed by atoms with Crippen molar-refractivity contribution in [1.82, 2.24) is 4.98 Å². The number of benzene rings is 1. The summed E-state index contributed by atoms with van der Waals surface area (Å²) in [6, 6.07) is 7.56. The third kappa shape index (κ3) is 3.49. The van der Waals surface area contributed by atoms with Crippen molar-refractivity contribution in [3.63, 3.8) is 0 Å². The highest BCUT2D eigenvalue weighted by molar-refractivity contribution is 9.10. The molecule has 3 nitrogen and oxygen atoms in total. The van der Waals surface area contributed by atoms with Crippen LogP contribution < -0.4 is 4.74 Å². The van der Waals surface area contributed by atoms with E-state index in [1.807, 2.05) is 24.3 Å². The summed E-state index contributed by atoms with van der Waals surface area (Å²) >= 11 is 14.4. The second-order valence-corrected chi connectivity index (χ2v) is 7.14. The summed E-state index contributed by atoms with van der Waals surface area (Å²) < 4.78 is 12.9. The van der Waals surface area contributed by atoms with Crippen LogP contribution in [0.4, 0.5) is 0 Å². The van der Waals surface area contributed by atoms with Crippen molar-refractivity contribution in [2.75, 3.05) is 0 Å². The van der Waals surface area contributed by atoms with Crippen molar-refractivity contribution < 1.29 is 8.92 Å². The molecule has 0 amide bonds. The number of aromatic nitrogens is 1. The summed E-state index contributed by atoms with van der Waals surface area (Å²) in [5.41, 5.74) is 1.68. The van der Waals surface area contributed by atoms with Crippen LogP contribution in [0.25, 0.3) is 0 Å². The van der Waals surface area contributed by atoms with Crippen LogP contribution in [-0.2, 0) is 10.8 Å². The molecule has 2 heterocycles. The second kappa shape index (κ2) is 6.23. The Balaban J connectivity index is 1.81. The molecule has 1 aliphatic rings. The van der Waals surface area contributed by atoms with Gasteiger partial charge in [-0.05, 0) is 40.2 Å². The van der Waals surface area contributed by atoms with Crippen LogP contribution in [0, 0.1) is 0 Å². The van der Waals surface area contributed by atoms with Crippen LogP contribution in [-0.4, -0.2) is 4.98 Å². The summed E-state index contributed by atoms with van der Waals surface area (Å²) in [5, 5.41) is 0.676. The molecule has 0 saturated carbocycles. The molecule has 3 rings (SSSR count). The minimum Gasteiger partial charge on any atom is -0.487 e. The molecule has 0 spiro atoms. The Morgan fingerprint density at radius 3 is 2.85 bits per heavy atom. The minimum atomic E-state index is -0.0314. The quantitative estimate of drug-likeness (QED) is 0.466. The van der Waals surface area contributed by atoms with Gasteiger partial charge < -0.3 is 4.74 Å². The molecular formula is C13H8Br2ClNO2S. The first-order valence-corrected chi connectivity index (χ1v) is 8.44. The van der Waals surface area contributed by atoms with Gasteiger partial charge in [-0.25, -0.2) is 0 Å². The number of hydrogen-bond acceptors (Lipinski definition) is 4. The maximum Gasteiger partial charge on any atom is 0.189 e. The van der Waals surface area contributed by atoms with Gasteiger partial charge in [-0.1, -0.05) is 27.5 Å². The van der Waals surface area contributed by atoms with E-state index >= 15 is 0 Å². The molecule has 2 aromatic rings. The minimum absolute atomic E-state index is 0.0314. The molecule has 1 atom stereocenters. The first-order valence-electron chi connectivity index (χ1n) is 5.68. The van der Waals surface area contributed by atoms with Crippen molar-refractivity contribution in [3.8, 4) is 5.75 Å². The summed E-state index contributed by atoms with van der Waals surface area (Å²) in [6.45, 7) is 0.376. The van der Waals surface area contributed by atoms with E-state index in [0.29, 0.717) is 17.4 Å². The van der Waals surface area contributed by atoms with Crippen LogP contribution in [0.1, 0.15) is 16.7 Å². The van der Waals surface area contributed by atoms with Crippen molar-refractivity contribution >= 4 is 55.5 Å². The Bertz CT molecular complexity index is 652. The van der Waals surface area contributed by atoms with E-state index in [4.69, 9.17) is 20.5 Å². The van der Waals surface area contributed by atoms with Gasteiger partial charge in [-0.3, -0.25) is 9.17 Å². The lowest BCUT2D eigenvalue weighted by molar-refractivity contribution is 0.296. The van der Waals surface area contributed by atoms with E-state index in [1.54, 1.807) is 6.20 Å². The van der Waals surface area contributed by atoms with E-state index in [2.05, 4.69) is 36.8 Å². The molecular weight excluding hydrogens is 429 g/mol. The fourth-order valence-corrected chi connectivity index (χ4v) is 2.96. The van der Waals surface area contributed by atoms with Gasteiger partial charge in [0, 0.05) is 37.8 Å². The molecule has 104 valence electrons. The lowest BCUT2D eigenvalue weighted by atomic mass is 10.2. The Morgan fingerprint density at radius 2 is 2.10 bits per heavy atom. The lowest BCUT2D eigenvalue weighted by Gasteiger charge is -2.11. The van der Waals surface area contributed by atoms with Gasteiger partial charge in [0.25, 0.3) is 0 Å². The van der Waals surface area contributed by atoms with Gasteiger partial charge in [0.2, 0.25) is 0 Å². The zero-order valence-electron chi connectivity index (χ0n) is 9.98. The van der Waals surface area contributed by atoms with Crippen LogP contribution >= 0.6 is 55.5 Å². The Labute approximate surface area is 142 Å². The molecule has 1 fully saturated rings. The number of nitrogens with zero attached hydrogens (tertiary/aromatic N) is 1. The van der Waals surface area contributed by atoms with Crippen molar-refractivity contribution in [2.24, 2.45) is 0 Å². The first-order chi connectivity index (χ1) is 9.63. The number of hydrogen-bond donors (Lipinski definition) is 0. The average Bonchev–Trinajstić information content (AvgIpc) is 3.24. The van der Waals surface area contributed by atoms with Crippen LogP contribution in [0.5, 0.6) is 5.75 Å². The predicted octanol–water partition coefficient (Wildman–Crippen LogP) is 5.52. The summed E-state index contributed by atoms with van der Waals surface area (Å²) in [7, 11) is 0. The third-order valence-corrected chi connectivity index (χ3v) is 4.56. The monoisotopic (exact) mass is 435 g/mol. The normalized spacial score (nSPS) is 17.1. The fraction of sp³-hybridized carbons (Fsp3) is 0.154. The molecule has 1 aromatic carbocycles. The number of rotatable bonds is 4. The van der Waals surface area contributed by atoms with E-state index in [9.17, 15) is 0 Å². The molecule has 7 heteroatoms. The molecule has 0 unspecified atom stereocenters. The maximum atomic E-state index is 6.15. The van der Waals surface area contributed by atoms with E-state index in [-0.39, 0.29) is 5.44 Å². The Morgan fingerprint density at radius 1 is 1.30 bits per heavy atom. The molecule has 1 aliphatic heterocycles. The van der Waals surface area contributed by atoms with E-state index in [0.717, 1.165) is 20.2 Å². The third-order valence-electron chi connectivity index (χ3n) is 2.66. The van der Waals surface area contributed by atoms with Gasteiger partial charge in [-0.2, -0.15) is 0 Å². The molecule has 0 N–H and O–H groups in total. The number of pyridine rings is 1. The standard InChI is InChI=1S/C13H8Br2ClNO2S/c14-8-1-2-10(16)7(3-8)6-18-11-4-9(15)5-17-12(11)13-19-20-13/h1-5,13H,6H2/t13-/m1/s1. The molecule has 1 saturated heterocycles. The zero-order valence-corrected chi connectivity index (χ0v) is 14.7. The predicted molar refractivity (Wildman–Crippen MR) is 86.8 cm³/mol. The topological polar surface area (TPSA) is 34.6 Å². The number of halogens is 3. The molecule has 0 bridgehead atoms. The van der Waals surface area contributed by atoms with Crippen LogP contribution in [0.15, 0.2) is 39.4 Å². The molecule has 20 heavy (non-hydrogen) atoms. The molecule has 0 aliphatic carbocycles. The van der Waals surface area contributed by atoms with Gasteiger partial charge in [-0.15, -0.1) is 0 Å². The van der Waals surface area contributed by atoms with Crippen LogP contribution in [0.2, 0.25) is 5.02 Å². The van der Waals surface area contributed by atoms with Gasteiger partial charge in [0.1, 0.15) is 18.1 Å². The van der Waals surface area contributed by atoms with Gasteiger partial charge in [0.15, 0.2) is 5.44 Å². The molecule has 0 radical (unpaired) electrons. The zero-order chi connectivity index (χ0) is 14.1. The summed E-state index contributed by atoms with van der Waals surface area (Å²) in [5.74, 6) is 0.699. The van der Waals surface area contributed by atoms with Gasteiger partial charge >= 0.3 is 0 Å². The van der Waals surface area contributed by atoms with Crippen LogP contribution in [0.3, 0.4) is 0 Å². The average molecular weight is 438 g/mol. The highest BCUT2D eigenvalue weighted by atomic mass is 79.9. The van der Waals surface area contributed by atoms with Gasteiger partial charge in [0.05, 0.1) is 0 Å². The van der Waals surface area contributed by atoms with E-state index in [1.165, 1.54) is 12.0 Å². The van der Waals surface area contributed by atoms with Crippen molar-refractivity contribution in [2.45, 2.75) is 12.0 Å². The second-order valence-electron chi connectivity index (χ2n) is 4.09. The van der Waals surface area contributed by atoms with E-state index < -0.39 is 0 Å². The summed E-state index contributed by atoms with van der Waals surface area (Å²) in [4.78, 5) is 4.33. The highest BCUT2D eigenvalue weighted by Gasteiger charge is 2.32. The SMILES string of the molecule is Clc1ccc(Br)cc1COc1cc(Br)cnc1[C@@H]1OS1. The Hall–Kier alpha value is -0.270. The molecule has 1 aromatic heterocycles. The summed E-state index contributed by atoms with van der Waals surface area (Å²) in [6.07, 6.45) is 1.73. The largest absolute Gasteiger partial charge is 0.487 e. The Kier molecular flexibility index (Phi) is 4.57. The lowest BCUT2D eigenvalue weighted by Crippen LogP contribution is -2.00. The first kappa shape index (κ1) is 14.7.